The summed E-state index contributed by atoms with van der Waals surface area (Å²) in [7, 11) is 0. The minimum atomic E-state index is -0.577. The third-order valence-electron chi connectivity index (χ3n) is 2.49. The van der Waals surface area contributed by atoms with Crippen LogP contribution in [0.4, 0.5) is 4.39 Å². The molecule has 0 heterocycles. The van der Waals surface area contributed by atoms with E-state index >= 15 is 0 Å². The van der Waals surface area contributed by atoms with Crippen LogP contribution in [0, 0.1) is 11.7 Å². The minimum Gasteiger partial charge on any atom is -0.330 e. The van der Waals surface area contributed by atoms with Gasteiger partial charge in [0.05, 0.1) is 5.56 Å². The molecule has 1 atom stereocenters. The molecule has 16 heavy (non-hydrogen) atoms. The van der Waals surface area contributed by atoms with Gasteiger partial charge in [0.2, 0.25) is 0 Å². The number of carbonyl (C=O) groups excluding carboxylic acids is 1. The zero-order chi connectivity index (χ0) is 12.1. The monoisotopic (exact) mass is 243 g/mol. The van der Waals surface area contributed by atoms with E-state index in [4.69, 9.17) is 17.3 Å². The molecule has 0 aliphatic rings. The van der Waals surface area contributed by atoms with Crippen molar-refractivity contribution < 1.29 is 9.18 Å². The SMILES string of the molecule is CCCC(CN)C(=O)c1ccc(Cl)cc1F. The molecule has 0 saturated heterocycles. The van der Waals surface area contributed by atoms with E-state index in [2.05, 4.69) is 0 Å². The summed E-state index contributed by atoms with van der Waals surface area (Å²) >= 11 is 5.62. The maximum Gasteiger partial charge on any atom is 0.170 e. The van der Waals surface area contributed by atoms with Crippen molar-refractivity contribution in [3.05, 3.63) is 34.6 Å². The molecule has 0 saturated carbocycles. The predicted octanol–water partition coefficient (Wildman–Crippen LogP) is 3.04. The maximum absolute atomic E-state index is 13.5. The van der Waals surface area contributed by atoms with Crippen LogP contribution in [0.15, 0.2) is 18.2 Å². The fourth-order valence-corrected chi connectivity index (χ4v) is 1.77. The Labute approximate surface area is 99.6 Å². The van der Waals surface area contributed by atoms with Gasteiger partial charge in [0.1, 0.15) is 5.82 Å². The molecule has 0 aliphatic heterocycles. The Bertz CT molecular complexity index is 381. The molecule has 2 nitrogen and oxygen atoms in total. The molecule has 4 heteroatoms. The van der Waals surface area contributed by atoms with Crippen LogP contribution in [0.1, 0.15) is 30.1 Å². The van der Waals surface area contributed by atoms with Crippen molar-refractivity contribution in [3.63, 3.8) is 0 Å². The largest absolute Gasteiger partial charge is 0.330 e. The van der Waals surface area contributed by atoms with Crippen LogP contribution < -0.4 is 5.73 Å². The molecule has 0 aliphatic carbocycles. The number of Topliss-reactive ketones (excluding diaryl/α,β-unsaturated/α-hetero) is 1. The first-order chi connectivity index (χ1) is 7.60. The fraction of sp³-hybridized carbons (Fsp3) is 0.417. The summed E-state index contributed by atoms with van der Waals surface area (Å²) < 4.78 is 13.5. The number of halogens is 2. The van der Waals surface area contributed by atoms with Gasteiger partial charge in [-0.1, -0.05) is 24.9 Å². The first kappa shape index (κ1) is 13.1. The van der Waals surface area contributed by atoms with Crippen LogP contribution in [0.2, 0.25) is 5.02 Å². The molecule has 1 rings (SSSR count). The van der Waals surface area contributed by atoms with Crippen molar-refractivity contribution in [1.82, 2.24) is 0 Å². The normalized spacial score (nSPS) is 12.5. The second kappa shape index (κ2) is 5.97. The molecule has 0 fully saturated rings. The first-order valence-electron chi connectivity index (χ1n) is 5.29. The van der Waals surface area contributed by atoms with Gasteiger partial charge in [0.15, 0.2) is 5.78 Å². The topological polar surface area (TPSA) is 43.1 Å². The van der Waals surface area contributed by atoms with Gasteiger partial charge in [-0.3, -0.25) is 4.79 Å². The standard InChI is InChI=1S/C12H15ClFNO/c1-2-3-8(7-15)12(16)10-5-4-9(13)6-11(10)14/h4-6,8H,2-3,7,15H2,1H3. The van der Waals surface area contributed by atoms with Crippen LogP contribution in [0.3, 0.4) is 0 Å². The highest BCUT2D eigenvalue weighted by molar-refractivity contribution is 6.30. The lowest BCUT2D eigenvalue weighted by Crippen LogP contribution is -2.24. The molecule has 88 valence electrons. The average molecular weight is 244 g/mol. The van der Waals surface area contributed by atoms with Crippen molar-refractivity contribution in [3.8, 4) is 0 Å². The van der Waals surface area contributed by atoms with Crippen LogP contribution in [-0.2, 0) is 0 Å². The van der Waals surface area contributed by atoms with E-state index in [-0.39, 0.29) is 28.8 Å². The maximum atomic E-state index is 13.5. The highest BCUT2D eigenvalue weighted by Crippen LogP contribution is 2.19. The number of hydrogen-bond donors (Lipinski definition) is 1. The third kappa shape index (κ3) is 3.03. The Morgan fingerprint density at radius 1 is 1.56 bits per heavy atom. The zero-order valence-corrected chi connectivity index (χ0v) is 9.93. The molecule has 1 aromatic carbocycles. The van der Waals surface area contributed by atoms with Crippen molar-refractivity contribution in [2.75, 3.05) is 6.54 Å². The Hall–Kier alpha value is -0.930. The van der Waals surface area contributed by atoms with E-state index in [1.165, 1.54) is 12.1 Å². The van der Waals surface area contributed by atoms with Gasteiger partial charge in [0.25, 0.3) is 0 Å². The van der Waals surface area contributed by atoms with Crippen molar-refractivity contribution in [2.24, 2.45) is 11.7 Å². The number of ketones is 1. The van der Waals surface area contributed by atoms with Gasteiger partial charge in [-0.05, 0) is 24.6 Å². The molecule has 0 amide bonds. The van der Waals surface area contributed by atoms with Gasteiger partial charge in [-0.25, -0.2) is 4.39 Å². The molecule has 1 aromatic rings. The summed E-state index contributed by atoms with van der Waals surface area (Å²) in [4.78, 5) is 11.9. The number of rotatable bonds is 5. The summed E-state index contributed by atoms with van der Waals surface area (Å²) in [5, 5.41) is 0.286. The lowest BCUT2D eigenvalue weighted by atomic mass is 9.93. The molecule has 1 unspecified atom stereocenters. The van der Waals surface area contributed by atoms with E-state index < -0.39 is 5.82 Å². The molecular formula is C12H15ClFNO. The molecule has 0 bridgehead atoms. The lowest BCUT2D eigenvalue weighted by Gasteiger charge is -2.12. The fourth-order valence-electron chi connectivity index (χ4n) is 1.61. The lowest BCUT2D eigenvalue weighted by molar-refractivity contribution is 0.0913. The van der Waals surface area contributed by atoms with Crippen molar-refractivity contribution >= 4 is 17.4 Å². The van der Waals surface area contributed by atoms with E-state index in [0.29, 0.717) is 6.42 Å². The smallest absolute Gasteiger partial charge is 0.170 e. The average Bonchev–Trinajstić information content (AvgIpc) is 2.25. The van der Waals surface area contributed by atoms with Gasteiger partial charge < -0.3 is 5.73 Å². The third-order valence-corrected chi connectivity index (χ3v) is 2.72. The van der Waals surface area contributed by atoms with Gasteiger partial charge in [0, 0.05) is 17.5 Å². The summed E-state index contributed by atoms with van der Waals surface area (Å²) in [5.74, 6) is -1.12. The zero-order valence-electron chi connectivity index (χ0n) is 9.17. The molecular weight excluding hydrogens is 229 g/mol. The van der Waals surface area contributed by atoms with Crippen LogP contribution in [-0.4, -0.2) is 12.3 Å². The molecule has 0 spiro atoms. The highest BCUT2D eigenvalue weighted by atomic mass is 35.5. The van der Waals surface area contributed by atoms with E-state index in [1.807, 2.05) is 6.92 Å². The molecule has 0 radical (unpaired) electrons. The Kier molecular flexibility index (Phi) is 4.90. The van der Waals surface area contributed by atoms with E-state index in [1.54, 1.807) is 0 Å². The van der Waals surface area contributed by atoms with Crippen LogP contribution in [0.25, 0.3) is 0 Å². The van der Waals surface area contributed by atoms with E-state index in [0.717, 1.165) is 12.5 Å². The Balaban J connectivity index is 2.94. The number of carbonyl (C=O) groups is 1. The predicted molar refractivity (Wildman–Crippen MR) is 63.2 cm³/mol. The van der Waals surface area contributed by atoms with E-state index in [9.17, 15) is 9.18 Å². The summed E-state index contributed by atoms with van der Waals surface area (Å²) in [6.45, 7) is 2.21. The number of hydrogen-bond acceptors (Lipinski definition) is 2. The van der Waals surface area contributed by atoms with Gasteiger partial charge >= 0.3 is 0 Å². The number of nitrogens with two attached hydrogens (primary N) is 1. The van der Waals surface area contributed by atoms with Crippen LogP contribution >= 0.6 is 11.6 Å². The highest BCUT2D eigenvalue weighted by Gasteiger charge is 2.20. The second-order valence-corrected chi connectivity index (χ2v) is 4.15. The quantitative estimate of drug-likeness (QED) is 0.808. The Morgan fingerprint density at radius 2 is 2.25 bits per heavy atom. The van der Waals surface area contributed by atoms with Crippen molar-refractivity contribution in [2.45, 2.75) is 19.8 Å². The first-order valence-corrected chi connectivity index (χ1v) is 5.67. The second-order valence-electron chi connectivity index (χ2n) is 3.71. The van der Waals surface area contributed by atoms with Gasteiger partial charge in [-0.2, -0.15) is 0 Å². The summed E-state index contributed by atoms with van der Waals surface area (Å²) in [6, 6.07) is 4.07. The van der Waals surface area contributed by atoms with Gasteiger partial charge in [-0.15, -0.1) is 0 Å². The number of benzene rings is 1. The van der Waals surface area contributed by atoms with Crippen LogP contribution in [0.5, 0.6) is 0 Å². The summed E-state index contributed by atoms with van der Waals surface area (Å²) in [6.07, 6.45) is 1.53. The summed E-state index contributed by atoms with van der Waals surface area (Å²) in [5.41, 5.74) is 5.58. The Morgan fingerprint density at radius 3 is 2.75 bits per heavy atom. The molecule has 0 aromatic heterocycles. The minimum absolute atomic E-state index is 0.0771. The molecule has 2 N–H and O–H groups in total. The van der Waals surface area contributed by atoms with Crippen molar-refractivity contribution in [1.29, 1.82) is 0 Å².